The van der Waals surface area contributed by atoms with Crippen molar-refractivity contribution >= 4 is 22.7 Å². The van der Waals surface area contributed by atoms with Gasteiger partial charge in [-0.25, -0.2) is 14.8 Å². The molecular weight excluding hydrogens is 258 g/mol. The lowest BCUT2D eigenvalue weighted by molar-refractivity contribution is 0.0684. The number of aromatic nitrogens is 2. The highest BCUT2D eigenvalue weighted by molar-refractivity contribution is 5.93. The number of nitrogens with zero attached hydrogens (tertiary/aromatic N) is 2. The summed E-state index contributed by atoms with van der Waals surface area (Å²) in [4.78, 5) is 19.1. The molecule has 2 aromatic rings. The van der Waals surface area contributed by atoms with Crippen LogP contribution in [0.5, 0.6) is 0 Å². The molecule has 1 heterocycles. The van der Waals surface area contributed by atoms with Gasteiger partial charge in [0, 0.05) is 18.5 Å². The van der Waals surface area contributed by atoms with Crippen LogP contribution in [0.4, 0.5) is 5.82 Å². The number of hydrogen-bond donors (Lipinski definition) is 3. The topological polar surface area (TPSA) is 95.3 Å². The fourth-order valence-electron chi connectivity index (χ4n) is 1.90. The molecule has 0 fully saturated rings. The number of aliphatic hydroxyl groups excluding tert-OH is 1. The predicted octanol–water partition coefficient (Wildman–Crippen LogP) is 1.76. The summed E-state index contributed by atoms with van der Waals surface area (Å²) < 4.78 is 0. The van der Waals surface area contributed by atoms with E-state index >= 15 is 0 Å². The molecule has 0 spiro atoms. The van der Waals surface area contributed by atoms with Crippen LogP contribution >= 0.6 is 0 Å². The van der Waals surface area contributed by atoms with Gasteiger partial charge in [0.2, 0.25) is 5.82 Å². The molecule has 0 aliphatic heterocycles. The number of fused-ring (bicyclic) bond motifs is 1. The molecule has 0 amide bonds. The van der Waals surface area contributed by atoms with Crippen molar-refractivity contribution in [3.05, 3.63) is 30.1 Å². The number of carbonyl (C=O) groups is 1. The van der Waals surface area contributed by atoms with Crippen LogP contribution in [0.3, 0.4) is 0 Å². The summed E-state index contributed by atoms with van der Waals surface area (Å²) >= 11 is 0. The Bertz CT molecular complexity index is 616. The first-order chi connectivity index (χ1) is 9.61. The Morgan fingerprint density at radius 3 is 2.80 bits per heavy atom. The van der Waals surface area contributed by atoms with Crippen LogP contribution in [-0.2, 0) is 0 Å². The average Bonchev–Trinajstić information content (AvgIpc) is 2.44. The lowest BCUT2D eigenvalue weighted by Gasteiger charge is -2.13. The molecule has 0 bridgehead atoms. The quantitative estimate of drug-likeness (QED) is 0.743. The number of para-hydroxylation sites is 1. The first-order valence-electron chi connectivity index (χ1n) is 6.46. The van der Waals surface area contributed by atoms with E-state index < -0.39 is 5.97 Å². The van der Waals surface area contributed by atoms with Crippen LogP contribution in [0.1, 0.15) is 24.0 Å². The van der Waals surface area contributed by atoms with Gasteiger partial charge in [-0.05, 0) is 24.5 Å². The highest BCUT2D eigenvalue weighted by Gasteiger charge is 2.13. The summed E-state index contributed by atoms with van der Waals surface area (Å²) in [5.74, 6) is -0.594. The van der Waals surface area contributed by atoms with Gasteiger partial charge in [0.25, 0.3) is 0 Å². The average molecular weight is 275 g/mol. The Morgan fingerprint density at radius 2 is 2.10 bits per heavy atom. The molecule has 0 radical (unpaired) electrons. The molecule has 6 nitrogen and oxygen atoms in total. The predicted molar refractivity (Wildman–Crippen MR) is 75.9 cm³/mol. The standard InChI is InChI=1S/C14H17N3O3/c1-9(6-7-18)8-15-12-10-4-2-3-5-11(10)16-13(17-12)14(19)20/h2-5,9,18H,6-8H2,1H3,(H,19,20)(H,15,16,17). The zero-order chi connectivity index (χ0) is 14.5. The molecule has 0 saturated carbocycles. The van der Waals surface area contributed by atoms with Gasteiger partial charge in [-0.15, -0.1) is 0 Å². The normalized spacial score (nSPS) is 12.3. The minimum absolute atomic E-state index is 0.133. The number of rotatable bonds is 6. The molecule has 20 heavy (non-hydrogen) atoms. The Balaban J connectivity index is 2.32. The van der Waals surface area contributed by atoms with E-state index in [4.69, 9.17) is 10.2 Å². The number of hydrogen-bond acceptors (Lipinski definition) is 5. The third kappa shape index (κ3) is 3.21. The van der Waals surface area contributed by atoms with Crippen molar-refractivity contribution in [1.29, 1.82) is 0 Å². The van der Waals surface area contributed by atoms with Gasteiger partial charge < -0.3 is 15.5 Å². The SMILES string of the molecule is CC(CCO)CNc1nc(C(=O)O)nc2ccccc12. The van der Waals surface area contributed by atoms with Gasteiger partial charge in [-0.2, -0.15) is 0 Å². The fourth-order valence-corrected chi connectivity index (χ4v) is 1.90. The summed E-state index contributed by atoms with van der Waals surface area (Å²) in [5.41, 5.74) is 0.595. The number of carboxylic acids is 1. The van der Waals surface area contributed by atoms with Gasteiger partial charge in [-0.3, -0.25) is 0 Å². The smallest absolute Gasteiger partial charge is 0.374 e. The molecule has 2 rings (SSSR count). The molecule has 1 aromatic carbocycles. The maximum absolute atomic E-state index is 11.1. The van der Waals surface area contributed by atoms with Crippen molar-refractivity contribution in [1.82, 2.24) is 9.97 Å². The highest BCUT2D eigenvalue weighted by atomic mass is 16.4. The van der Waals surface area contributed by atoms with Crippen LogP contribution in [0, 0.1) is 5.92 Å². The zero-order valence-corrected chi connectivity index (χ0v) is 11.2. The molecule has 1 unspecified atom stereocenters. The summed E-state index contributed by atoms with van der Waals surface area (Å²) in [7, 11) is 0. The Morgan fingerprint density at radius 1 is 1.35 bits per heavy atom. The van der Waals surface area contributed by atoms with Crippen LogP contribution in [0.25, 0.3) is 10.9 Å². The lowest BCUT2D eigenvalue weighted by Crippen LogP contribution is -2.15. The van der Waals surface area contributed by atoms with Gasteiger partial charge >= 0.3 is 5.97 Å². The molecule has 106 valence electrons. The van der Waals surface area contributed by atoms with Crippen molar-refractivity contribution in [2.45, 2.75) is 13.3 Å². The van der Waals surface area contributed by atoms with Gasteiger partial charge in [-0.1, -0.05) is 19.1 Å². The van der Waals surface area contributed by atoms with Crippen molar-refractivity contribution in [2.75, 3.05) is 18.5 Å². The second-order valence-electron chi connectivity index (χ2n) is 4.72. The van der Waals surface area contributed by atoms with E-state index in [1.165, 1.54) is 0 Å². The van der Waals surface area contributed by atoms with Crippen LogP contribution < -0.4 is 5.32 Å². The monoisotopic (exact) mass is 275 g/mol. The molecule has 0 aliphatic rings. The Kier molecular flexibility index (Phi) is 4.47. The first kappa shape index (κ1) is 14.2. The summed E-state index contributed by atoms with van der Waals surface area (Å²) in [5, 5.41) is 21.9. The van der Waals surface area contributed by atoms with E-state index in [2.05, 4.69) is 15.3 Å². The second kappa shape index (κ2) is 6.29. The molecular formula is C14H17N3O3. The molecule has 1 atom stereocenters. The van der Waals surface area contributed by atoms with E-state index in [0.717, 1.165) is 5.39 Å². The van der Waals surface area contributed by atoms with Crippen molar-refractivity contribution < 1.29 is 15.0 Å². The van der Waals surface area contributed by atoms with Crippen molar-refractivity contribution in [3.8, 4) is 0 Å². The highest BCUT2D eigenvalue weighted by Crippen LogP contribution is 2.20. The Hall–Kier alpha value is -2.21. The molecule has 6 heteroatoms. The molecule has 0 aliphatic carbocycles. The van der Waals surface area contributed by atoms with Gasteiger partial charge in [0.15, 0.2) is 0 Å². The largest absolute Gasteiger partial charge is 0.475 e. The van der Waals surface area contributed by atoms with Crippen LogP contribution in [0.2, 0.25) is 0 Å². The fraction of sp³-hybridized carbons (Fsp3) is 0.357. The number of carboxylic acid groups (broad SMARTS) is 1. The molecule has 3 N–H and O–H groups in total. The number of nitrogens with one attached hydrogen (secondary N) is 1. The van der Waals surface area contributed by atoms with Gasteiger partial charge in [0.05, 0.1) is 5.52 Å². The van der Waals surface area contributed by atoms with E-state index in [0.29, 0.717) is 24.3 Å². The number of aromatic carboxylic acids is 1. The molecule has 0 saturated heterocycles. The third-order valence-corrected chi connectivity index (χ3v) is 3.03. The van der Waals surface area contributed by atoms with Crippen molar-refractivity contribution in [2.24, 2.45) is 5.92 Å². The number of benzene rings is 1. The zero-order valence-electron chi connectivity index (χ0n) is 11.2. The lowest BCUT2D eigenvalue weighted by atomic mass is 10.1. The number of aliphatic hydroxyl groups is 1. The van der Waals surface area contributed by atoms with E-state index in [1.807, 2.05) is 19.1 Å². The minimum Gasteiger partial charge on any atom is -0.475 e. The minimum atomic E-state index is -1.15. The number of anilines is 1. The Labute approximate surface area is 116 Å². The first-order valence-corrected chi connectivity index (χ1v) is 6.46. The van der Waals surface area contributed by atoms with E-state index in [9.17, 15) is 4.79 Å². The van der Waals surface area contributed by atoms with Crippen LogP contribution in [0.15, 0.2) is 24.3 Å². The van der Waals surface area contributed by atoms with E-state index in [-0.39, 0.29) is 18.3 Å². The summed E-state index contributed by atoms with van der Waals surface area (Å²) in [6.45, 7) is 2.75. The maximum Gasteiger partial charge on any atom is 0.374 e. The second-order valence-corrected chi connectivity index (χ2v) is 4.72. The van der Waals surface area contributed by atoms with E-state index in [1.54, 1.807) is 12.1 Å². The third-order valence-electron chi connectivity index (χ3n) is 3.03. The van der Waals surface area contributed by atoms with Crippen molar-refractivity contribution in [3.63, 3.8) is 0 Å². The maximum atomic E-state index is 11.1. The van der Waals surface area contributed by atoms with Crippen LogP contribution in [-0.4, -0.2) is 39.3 Å². The van der Waals surface area contributed by atoms with Gasteiger partial charge in [0.1, 0.15) is 5.82 Å². The molecule has 1 aromatic heterocycles. The summed E-state index contributed by atoms with van der Waals surface area (Å²) in [6, 6.07) is 7.26. The summed E-state index contributed by atoms with van der Waals surface area (Å²) in [6.07, 6.45) is 0.682.